The lowest BCUT2D eigenvalue weighted by molar-refractivity contribution is 0.935. The predicted octanol–water partition coefficient (Wildman–Crippen LogP) is 16.3. The molecule has 0 bridgehead atoms. The highest BCUT2D eigenvalue weighted by molar-refractivity contribution is 6.13. The second-order valence-electron chi connectivity index (χ2n) is 17.2. The molecular formula is C62H42N2. The summed E-state index contributed by atoms with van der Waals surface area (Å²) in [5.41, 5.74) is 22.6. The number of hydrogen-bond acceptors (Lipinski definition) is 0. The summed E-state index contributed by atoms with van der Waals surface area (Å²) in [7, 11) is 0. The standard InChI is InChI=1S/C62H42N2/c1-5-13-41(14-6-1)45-23-31-59-55(37-45)56-38-46(42-15-7-2-8-16-42)24-32-60(56)63(59)51-27-29-53-49(35-51)21-22-50-36-52(28-30-54(50)53)64-61-33-25-47(43-17-9-3-10-18-43)39-57(61)58-40-48(26-34-62(58)64)44-19-11-4-12-20-44/h1-20,23-40H,21-22H2. The summed E-state index contributed by atoms with van der Waals surface area (Å²) in [6.07, 6.45) is 1.97. The summed E-state index contributed by atoms with van der Waals surface area (Å²) in [6, 6.07) is 85.1. The minimum absolute atomic E-state index is 0.987. The first kappa shape index (κ1) is 36.5. The van der Waals surface area contributed by atoms with Gasteiger partial charge in [0, 0.05) is 32.9 Å². The fourth-order valence-corrected chi connectivity index (χ4v) is 10.5. The van der Waals surface area contributed by atoms with E-state index in [1.54, 1.807) is 0 Å². The van der Waals surface area contributed by atoms with E-state index in [0.717, 1.165) is 12.8 Å². The Morgan fingerprint density at radius 3 is 0.797 bits per heavy atom. The maximum atomic E-state index is 2.47. The van der Waals surface area contributed by atoms with Crippen molar-refractivity contribution in [1.82, 2.24) is 9.13 Å². The minimum atomic E-state index is 0.987. The maximum Gasteiger partial charge on any atom is 0.0541 e. The minimum Gasteiger partial charge on any atom is -0.309 e. The van der Waals surface area contributed by atoms with Crippen LogP contribution < -0.4 is 0 Å². The third kappa shape index (κ3) is 5.95. The predicted molar refractivity (Wildman–Crippen MR) is 270 cm³/mol. The van der Waals surface area contributed by atoms with Crippen molar-refractivity contribution in [2.24, 2.45) is 0 Å². The fraction of sp³-hybridized carbons (Fsp3) is 0.0323. The summed E-state index contributed by atoms with van der Waals surface area (Å²) in [6.45, 7) is 0. The van der Waals surface area contributed by atoms with Crippen LogP contribution in [0.4, 0.5) is 0 Å². The van der Waals surface area contributed by atoms with Gasteiger partial charge in [-0.05, 0) is 152 Å². The van der Waals surface area contributed by atoms with Gasteiger partial charge in [0.25, 0.3) is 0 Å². The van der Waals surface area contributed by atoms with Gasteiger partial charge in [-0.15, -0.1) is 0 Å². The Hall–Kier alpha value is -8.20. The Morgan fingerprint density at radius 2 is 0.516 bits per heavy atom. The van der Waals surface area contributed by atoms with E-state index < -0.39 is 0 Å². The lowest BCUT2D eigenvalue weighted by Crippen LogP contribution is -2.07. The zero-order valence-electron chi connectivity index (χ0n) is 35.2. The maximum absolute atomic E-state index is 2.47. The molecule has 0 atom stereocenters. The first-order chi connectivity index (χ1) is 31.7. The quantitative estimate of drug-likeness (QED) is 0.158. The van der Waals surface area contributed by atoms with Crippen molar-refractivity contribution in [3.8, 4) is 67.0 Å². The molecule has 2 aromatic heterocycles. The summed E-state index contributed by atoms with van der Waals surface area (Å²) >= 11 is 0. The molecule has 0 aliphatic heterocycles. The van der Waals surface area contributed by atoms with Crippen LogP contribution in [-0.4, -0.2) is 9.13 Å². The lowest BCUT2D eigenvalue weighted by atomic mass is 9.85. The molecule has 0 fully saturated rings. The average Bonchev–Trinajstić information content (AvgIpc) is 3.88. The molecule has 64 heavy (non-hydrogen) atoms. The Bertz CT molecular complexity index is 3300. The second kappa shape index (κ2) is 14.7. The van der Waals surface area contributed by atoms with Crippen molar-refractivity contribution in [2.45, 2.75) is 12.8 Å². The fourth-order valence-electron chi connectivity index (χ4n) is 10.5. The molecule has 2 heteroatoms. The van der Waals surface area contributed by atoms with Gasteiger partial charge in [0.05, 0.1) is 22.1 Å². The van der Waals surface area contributed by atoms with Gasteiger partial charge < -0.3 is 9.13 Å². The zero-order valence-corrected chi connectivity index (χ0v) is 35.2. The number of benzene rings is 10. The van der Waals surface area contributed by atoms with E-state index in [9.17, 15) is 0 Å². The van der Waals surface area contributed by atoms with Crippen molar-refractivity contribution in [1.29, 1.82) is 0 Å². The van der Waals surface area contributed by atoms with E-state index in [4.69, 9.17) is 0 Å². The Labute approximate surface area is 372 Å². The van der Waals surface area contributed by atoms with Gasteiger partial charge >= 0.3 is 0 Å². The van der Waals surface area contributed by atoms with E-state index in [0.29, 0.717) is 0 Å². The molecule has 0 saturated carbocycles. The number of fused-ring (bicyclic) bond motifs is 9. The van der Waals surface area contributed by atoms with E-state index in [-0.39, 0.29) is 0 Å². The molecular weight excluding hydrogens is 773 g/mol. The smallest absolute Gasteiger partial charge is 0.0541 e. The molecule has 1 aliphatic rings. The van der Waals surface area contributed by atoms with Gasteiger partial charge in [-0.2, -0.15) is 0 Å². The summed E-state index contributed by atoms with van der Waals surface area (Å²) in [5.74, 6) is 0. The number of nitrogens with zero attached hydrogens (tertiary/aromatic N) is 2. The average molecular weight is 815 g/mol. The van der Waals surface area contributed by atoms with Crippen LogP contribution in [0.1, 0.15) is 11.1 Å². The topological polar surface area (TPSA) is 9.86 Å². The number of hydrogen-bond donors (Lipinski definition) is 0. The van der Waals surface area contributed by atoms with Gasteiger partial charge in [-0.1, -0.05) is 158 Å². The first-order valence-corrected chi connectivity index (χ1v) is 22.4. The molecule has 10 aromatic carbocycles. The van der Waals surface area contributed by atoms with Crippen molar-refractivity contribution < 1.29 is 0 Å². The van der Waals surface area contributed by atoms with E-state index in [2.05, 4.69) is 240 Å². The third-order valence-corrected chi connectivity index (χ3v) is 13.6. The highest BCUT2D eigenvalue weighted by Crippen LogP contribution is 2.42. The van der Waals surface area contributed by atoms with Crippen molar-refractivity contribution in [2.75, 3.05) is 0 Å². The zero-order chi connectivity index (χ0) is 42.1. The summed E-state index contributed by atoms with van der Waals surface area (Å²) < 4.78 is 4.95. The van der Waals surface area contributed by atoms with Crippen molar-refractivity contribution in [3.05, 3.63) is 242 Å². The molecule has 2 heterocycles. The van der Waals surface area contributed by atoms with Gasteiger partial charge in [-0.25, -0.2) is 0 Å². The third-order valence-electron chi connectivity index (χ3n) is 13.6. The summed E-state index contributed by atoms with van der Waals surface area (Å²) in [4.78, 5) is 0. The van der Waals surface area contributed by atoms with Crippen LogP contribution in [-0.2, 0) is 12.8 Å². The van der Waals surface area contributed by atoms with E-state index in [1.165, 1.54) is 122 Å². The monoisotopic (exact) mass is 814 g/mol. The largest absolute Gasteiger partial charge is 0.309 e. The lowest BCUT2D eigenvalue weighted by Gasteiger charge is -2.22. The Morgan fingerprint density at radius 1 is 0.234 bits per heavy atom. The molecule has 12 aromatic rings. The molecule has 0 spiro atoms. The highest BCUT2D eigenvalue weighted by atomic mass is 15.0. The van der Waals surface area contributed by atoms with E-state index >= 15 is 0 Å². The molecule has 0 saturated heterocycles. The molecule has 0 unspecified atom stereocenters. The molecule has 0 radical (unpaired) electrons. The van der Waals surface area contributed by atoms with Crippen LogP contribution >= 0.6 is 0 Å². The van der Waals surface area contributed by atoms with Gasteiger partial charge in [0.2, 0.25) is 0 Å². The Kier molecular flexibility index (Phi) is 8.39. The molecule has 2 nitrogen and oxygen atoms in total. The van der Waals surface area contributed by atoms with Crippen molar-refractivity contribution >= 4 is 43.6 Å². The molecule has 0 N–H and O–H groups in total. The highest BCUT2D eigenvalue weighted by Gasteiger charge is 2.22. The SMILES string of the molecule is c1ccc(-c2ccc3c(c2)c2cc(-c4ccccc4)ccc2n3-c2ccc3c(c2)CCc2cc(-n4c5ccc(-c6ccccc6)cc5c5cc(-c6ccccc6)ccc54)ccc2-3)cc1. The second-order valence-corrected chi connectivity index (χ2v) is 17.2. The summed E-state index contributed by atoms with van der Waals surface area (Å²) in [5, 5.41) is 5.06. The van der Waals surface area contributed by atoms with Crippen molar-refractivity contribution in [3.63, 3.8) is 0 Å². The molecule has 0 amide bonds. The van der Waals surface area contributed by atoms with Gasteiger partial charge in [0.15, 0.2) is 0 Å². The molecule has 1 aliphatic carbocycles. The number of aryl methyl sites for hydroxylation is 2. The van der Waals surface area contributed by atoms with Crippen LogP contribution in [0.3, 0.4) is 0 Å². The van der Waals surface area contributed by atoms with Gasteiger partial charge in [-0.3, -0.25) is 0 Å². The molecule has 13 rings (SSSR count). The van der Waals surface area contributed by atoms with E-state index in [1.807, 2.05) is 0 Å². The first-order valence-electron chi connectivity index (χ1n) is 22.4. The van der Waals surface area contributed by atoms with Gasteiger partial charge in [0.1, 0.15) is 0 Å². The van der Waals surface area contributed by atoms with Crippen LogP contribution in [0.2, 0.25) is 0 Å². The van der Waals surface area contributed by atoms with Crippen LogP contribution in [0.25, 0.3) is 111 Å². The van der Waals surface area contributed by atoms with Crippen LogP contribution in [0.15, 0.2) is 231 Å². The van der Waals surface area contributed by atoms with Crippen LogP contribution in [0.5, 0.6) is 0 Å². The Balaban J connectivity index is 0.921. The molecule has 300 valence electrons. The van der Waals surface area contributed by atoms with Crippen LogP contribution in [0, 0.1) is 0 Å². The number of aromatic nitrogens is 2. The number of rotatable bonds is 6. The normalized spacial score (nSPS) is 12.2.